The van der Waals surface area contributed by atoms with Gasteiger partial charge in [-0.05, 0) is 39.8 Å². The van der Waals surface area contributed by atoms with Crippen LogP contribution in [0.2, 0.25) is 0 Å². The second-order valence-electron chi connectivity index (χ2n) is 6.20. The predicted molar refractivity (Wildman–Crippen MR) is 84.8 cm³/mol. The van der Waals surface area contributed by atoms with Gasteiger partial charge in [0.05, 0.1) is 6.61 Å². The van der Waals surface area contributed by atoms with Crippen LogP contribution in [0.5, 0.6) is 0 Å². The van der Waals surface area contributed by atoms with Crippen LogP contribution in [0.3, 0.4) is 0 Å². The van der Waals surface area contributed by atoms with Crippen LogP contribution in [0.4, 0.5) is 0 Å². The molecule has 1 rings (SSSR count). The van der Waals surface area contributed by atoms with Crippen molar-refractivity contribution in [1.82, 2.24) is 4.90 Å². The van der Waals surface area contributed by atoms with E-state index in [1.165, 1.54) is 13.8 Å². The molecule has 1 aliphatic rings. The first kappa shape index (κ1) is 20.8. The van der Waals surface area contributed by atoms with Crippen molar-refractivity contribution in [1.29, 1.82) is 0 Å². The number of aliphatic hydroxyl groups excluding tert-OH is 3. The van der Waals surface area contributed by atoms with Gasteiger partial charge in [0.2, 0.25) is 0 Å². The first-order valence-electron chi connectivity index (χ1n) is 8.40. The zero-order valence-electron chi connectivity index (χ0n) is 14.6. The van der Waals surface area contributed by atoms with Crippen molar-refractivity contribution in [2.45, 2.75) is 58.0 Å². The van der Waals surface area contributed by atoms with Crippen molar-refractivity contribution in [2.75, 3.05) is 26.2 Å². The predicted octanol–water partition coefficient (Wildman–Crippen LogP) is -0.355. The molecule has 0 spiro atoms. The Bertz CT molecular complexity index is 395. The fraction of sp³-hybridized carbons (Fsp3) is 0.875. The molecule has 1 fully saturated rings. The molecule has 8 nitrogen and oxygen atoms in total. The van der Waals surface area contributed by atoms with E-state index in [0.29, 0.717) is 32.5 Å². The molecule has 0 radical (unpaired) electrons. The second-order valence-corrected chi connectivity index (χ2v) is 6.20. The van der Waals surface area contributed by atoms with Gasteiger partial charge in [-0.3, -0.25) is 0 Å². The number of β-amino-alcohol motifs (C(OH)–C–C–N with tert-alkyl or cyclic N) is 1. The summed E-state index contributed by atoms with van der Waals surface area (Å²) in [5.41, 5.74) is 0. The Labute approximate surface area is 142 Å². The Kier molecular flexibility index (Phi) is 8.08. The van der Waals surface area contributed by atoms with Crippen molar-refractivity contribution in [2.24, 2.45) is 5.92 Å². The van der Waals surface area contributed by atoms with Gasteiger partial charge in [0.15, 0.2) is 0 Å². The average molecular weight is 347 g/mol. The number of rotatable bonds is 8. The van der Waals surface area contributed by atoms with E-state index in [9.17, 15) is 19.8 Å². The summed E-state index contributed by atoms with van der Waals surface area (Å²) >= 11 is 0. The summed E-state index contributed by atoms with van der Waals surface area (Å²) in [5.74, 6) is -3.49. The quantitative estimate of drug-likeness (QED) is 0.403. The fourth-order valence-corrected chi connectivity index (χ4v) is 2.87. The zero-order chi connectivity index (χ0) is 18.3. The lowest BCUT2D eigenvalue weighted by atomic mass is 9.86. The standard InChI is InChI=1S/C16H29NO7/c1-4-16(23-14(21)11(2)19,24-15(22)12(3)20)13-5-7-17(8-6-13)9-10-18/h11-13,18-20H,4-10H2,1-3H3. The summed E-state index contributed by atoms with van der Waals surface area (Å²) in [6, 6.07) is 0. The van der Waals surface area contributed by atoms with E-state index >= 15 is 0 Å². The molecule has 0 aromatic heterocycles. The molecule has 24 heavy (non-hydrogen) atoms. The molecule has 0 saturated carbocycles. The Hall–Kier alpha value is -1.22. The first-order chi connectivity index (χ1) is 11.3. The van der Waals surface area contributed by atoms with E-state index in [-0.39, 0.29) is 18.9 Å². The lowest BCUT2D eigenvalue weighted by Crippen LogP contribution is -2.52. The number of likely N-dealkylation sites (tertiary alicyclic amines) is 1. The lowest BCUT2D eigenvalue weighted by Gasteiger charge is -2.42. The van der Waals surface area contributed by atoms with Crippen LogP contribution < -0.4 is 0 Å². The molecular weight excluding hydrogens is 318 g/mol. The van der Waals surface area contributed by atoms with Crippen LogP contribution in [0.15, 0.2) is 0 Å². The maximum Gasteiger partial charge on any atom is 0.337 e. The van der Waals surface area contributed by atoms with Crippen LogP contribution in [0.25, 0.3) is 0 Å². The van der Waals surface area contributed by atoms with Crippen LogP contribution in [-0.4, -0.2) is 76.4 Å². The molecule has 0 bridgehead atoms. The van der Waals surface area contributed by atoms with Crippen molar-refractivity contribution in [3.63, 3.8) is 0 Å². The van der Waals surface area contributed by atoms with Crippen LogP contribution in [0.1, 0.15) is 40.0 Å². The minimum atomic E-state index is -1.51. The highest BCUT2D eigenvalue weighted by atomic mass is 16.7. The molecule has 0 aliphatic carbocycles. The second kappa shape index (κ2) is 9.31. The number of piperidine rings is 1. The van der Waals surface area contributed by atoms with Gasteiger partial charge < -0.3 is 29.7 Å². The maximum absolute atomic E-state index is 11.9. The van der Waals surface area contributed by atoms with Crippen molar-refractivity contribution in [3.05, 3.63) is 0 Å². The van der Waals surface area contributed by atoms with E-state index in [1.54, 1.807) is 6.92 Å². The van der Waals surface area contributed by atoms with Crippen LogP contribution >= 0.6 is 0 Å². The van der Waals surface area contributed by atoms with Gasteiger partial charge in [0, 0.05) is 18.9 Å². The molecule has 2 atom stereocenters. The monoisotopic (exact) mass is 347 g/mol. The van der Waals surface area contributed by atoms with Gasteiger partial charge in [-0.25, -0.2) is 9.59 Å². The van der Waals surface area contributed by atoms with E-state index in [0.717, 1.165) is 0 Å². The van der Waals surface area contributed by atoms with Gasteiger partial charge >= 0.3 is 11.9 Å². The van der Waals surface area contributed by atoms with Crippen molar-refractivity contribution >= 4 is 11.9 Å². The summed E-state index contributed by atoms with van der Waals surface area (Å²) in [7, 11) is 0. The van der Waals surface area contributed by atoms with Gasteiger partial charge in [0.25, 0.3) is 5.79 Å². The normalized spacial score (nSPS) is 21.6. The molecule has 0 amide bonds. The van der Waals surface area contributed by atoms with Gasteiger partial charge in [-0.15, -0.1) is 0 Å². The number of carbonyl (C=O) groups excluding carboxylic acids is 2. The van der Waals surface area contributed by atoms with E-state index in [2.05, 4.69) is 4.90 Å². The zero-order valence-corrected chi connectivity index (χ0v) is 14.6. The molecule has 140 valence electrons. The smallest absolute Gasteiger partial charge is 0.337 e. The topological polar surface area (TPSA) is 117 Å². The maximum atomic E-state index is 11.9. The molecule has 0 aromatic carbocycles. The molecule has 0 aromatic rings. The summed E-state index contributed by atoms with van der Waals surface area (Å²) in [4.78, 5) is 25.9. The SMILES string of the molecule is CCC(OC(=O)C(C)O)(OC(=O)C(C)O)C1CCN(CCO)CC1. The summed E-state index contributed by atoms with van der Waals surface area (Å²) in [5, 5.41) is 27.9. The van der Waals surface area contributed by atoms with E-state index < -0.39 is 29.9 Å². The van der Waals surface area contributed by atoms with Gasteiger partial charge in [-0.1, -0.05) is 6.92 Å². The van der Waals surface area contributed by atoms with Crippen LogP contribution in [0, 0.1) is 5.92 Å². The number of ether oxygens (including phenoxy) is 2. The molecular formula is C16H29NO7. The molecule has 1 heterocycles. The van der Waals surface area contributed by atoms with E-state index in [4.69, 9.17) is 14.6 Å². The summed E-state index contributed by atoms with van der Waals surface area (Å²) in [6.07, 6.45) is -1.25. The Balaban J connectivity index is 2.94. The van der Waals surface area contributed by atoms with Crippen molar-refractivity contribution < 1.29 is 34.4 Å². The lowest BCUT2D eigenvalue weighted by molar-refractivity contribution is -0.261. The molecule has 2 unspecified atom stereocenters. The Morgan fingerprint density at radius 2 is 1.58 bits per heavy atom. The number of carbonyl (C=O) groups is 2. The van der Waals surface area contributed by atoms with Crippen molar-refractivity contribution in [3.8, 4) is 0 Å². The third kappa shape index (κ3) is 5.41. The third-order valence-electron chi connectivity index (χ3n) is 4.35. The molecule has 1 saturated heterocycles. The van der Waals surface area contributed by atoms with Gasteiger partial charge in [-0.2, -0.15) is 0 Å². The molecule has 8 heteroatoms. The number of aliphatic hydroxyl groups is 3. The fourth-order valence-electron chi connectivity index (χ4n) is 2.87. The van der Waals surface area contributed by atoms with Gasteiger partial charge in [0.1, 0.15) is 12.2 Å². The number of esters is 2. The summed E-state index contributed by atoms with van der Waals surface area (Å²) < 4.78 is 10.8. The highest BCUT2D eigenvalue weighted by molar-refractivity contribution is 5.76. The highest BCUT2D eigenvalue weighted by Crippen LogP contribution is 2.36. The minimum Gasteiger partial charge on any atom is -0.420 e. The third-order valence-corrected chi connectivity index (χ3v) is 4.35. The number of hydrogen-bond donors (Lipinski definition) is 3. The summed E-state index contributed by atoms with van der Waals surface area (Å²) in [6.45, 7) is 6.26. The number of hydrogen-bond acceptors (Lipinski definition) is 8. The Morgan fingerprint density at radius 1 is 1.12 bits per heavy atom. The first-order valence-corrected chi connectivity index (χ1v) is 8.40. The molecule has 1 aliphatic heterocycles. The highest BCUT2D eigenvalue weighted by Gasteiger charge is 2.47. The Morgan fingerprint density at radius 3 is 1.92 bits per heavy atom. The number of nitrogens with zero attached hydrogens (tertiary/aromatic N) is 1. The molecule has 3 N–H and O–H groups in total. The minimum absolute atomic E-state index is 0.0671. The van der Waals surface area contributed by atoms with Crippen LogP contribution in [-0.2, 0) is 19.1 Å². The van der Waals surface area contributed by atoms with E-state index in [1.807, 2.05) is 0 Å². The average Bonchev–Trinajstić information content (AvgIpc) is 2.54. The largest absolute Gasteiger partial charge is 0.420 e.